The molecule has 1 aromatic carbocycles. The Morgan fingerprint density at radius 1 is 1.25 bits per heavy atom. The van der Waals surface area contributed by atoms with E-state index in [0.717, 1.165) is 6.26 Å². The zero-order valence-electron chi connectivity index (χ0n) is 11.7. The van der Waals surface area contributed by atoms with E-state index >= 15 is 0 Å². The molecule has 4 nitrogen and oxygen atoms in total. The molecule has 2 atom stereocenters. The van der Waals surface area contributed by atoms with Gasteiger partial charge in [0.1, 0.15) is 0 Å². The van der Waals surface area contributed by atoms with Gasteiger partial charge in [0.2, 0.25) is 0 Å². The van der Waals surface area contributed by atoms with E-state index in [1.165, 1.54) is 4.90 Å². The molecule has 0 radical (unpaired) electrons. The minimum Gasteiger partial charge on any atom is -0.338 e. The molecule has 0 saturated carbocycles. The van der Waals surface area contributed by atoms with E-state index in [4.69, 9.17) is 23.2 Å². The van der Waals surface area contributed by atoms with Crippen LogP contribution < -0.4 is 0 Å². The molecule has 1 aromatic rings. The summed E-state index contributed by atoms with van der Waals surface area (Å²) >= 11 is 11.9. The van der Waals surface area contributed by atoms with Gasteiger partial charge in [0.15, 0.2) is 9.84 Å². The van der Waals surface area contributed by atoms with Crippen molar-refractivity contribution < 1.29 is 13.2 Å². The summed E-state index contributed by atoms with van der Waals surface area (Å²) in [4.78, 5) is 13.7. The highest BCUT2D eigenvalue weighted by molar-refractivity contribution is 7.91. The predicted octanol–water partition coefficient (Wildman–Crippen LogP) is 2.89. The minimum atomic E-state index is -3.23. The number of rotatable bonds is 4. The van der Waals surface area contributed by atoms with E-state index in [-0.39, 0.29) is 21.5 Å². The van der Waals surface area contributed by atoms with Crippen molar-refractivity contribution in [1.82, 2.24) is 4.90 Å². The van der Waals surface area contributed by atoms with Gasteiger partial charge in [0.05, 0.1) is 20.9 Å². The summed E-state index contributed by atoms with van der Waals surface area (Å²) in [5.74, 6) is -0.361. The lowest BCUT2D eigenvalue weighted by molar-refractivity contribution is 0.0743. The fourth-order valence-corrected chi connectivity index (χ4v) is 3.00. The molecule has 0 saturated heterocycles. The molecule has 0 heterocycles. The van der Waals surface area contributed by atoms with Crippen molar-refractivity contribution in [2.45, 2.75) is 25.1 Å². The van der Waals surface area contributed by atoms with Gasteiger partial charge >= 0.3 is 0 Å². The lowest BCUT2D eigenvalue weighted by Gasteiger charge is -2.29. The number of amides is 1. The monoisotopic (exact) mass is 337 g/mol. The average Bonchev–Trinajstić information content (AvgIpc) is 2.37. The van der Waals surface area contributed by atoms with Gasteiger partial charge in [-0.2, -0.15) is 0 Å². The number of benzene rings is 1. The Labute approximate surface area is 129 Å². The Kier molecular flexibility index (Phi) is 5.46. The fraction of sp³-hybridized carbons (Fsp3) is 0.462. The molecule has 0 aliphatic rings. The number of hydrogen-bond acceptors (Lipinski definition) is 3. The Hall–Kier alpha value is -0.780. The zero-order valence-corrected chi connectivity index (χ0v) is 14.1. The molecule has 1 amide bonds. The molecule has 7 heteroatoms. The molecule has 0 spiro atoms. The van der Waals surface area contributed by atoms with Gasteiger partial charge in [-0.05, 0) is 26.0 Å². The number of nitrogens with zero attached hydrogens (tertiary/aromatic N) is 1. The van der Waals surface area contributed by atoms with E-state index in [1.54, 1.807) is 39.1 Å². The maximum Gasteiger partial charge on any atom is 0.255 e. The molecule has 0 N–H and O–H groups in total. The SMILES string of the molecule is C[C@@H]([C@H](C)S(C)(=O)=O)N(C)C(=O)c1cccc(Cl)c1Cl. The molecule has 0 bridgehead atoms. The standard InChI is InChI=1S/C13H17Cl2NO3S/c1-8(9(2)20(4,18)19)16(3)13(17)10-6-5-7-11(14)12(10)15/h5-9H,1-4H3/t8-,9-/m0/s1. The number of carbonyl (C=O) groups is 1. The second kappa shape index (κ2) is 6.33. The summed E-state index contributed by atoms with van der Waals surface area (Å²) in [6.07, 6.45) is 1.15. The Morgan fingerprint density at radius 3 is 2.30 bits per heavy atom. The molecule has 112 valence electrons. The van der Waals surface area contributed by atoms with Crippen molar-refractivity contribution in [3.8, 4) is 0 Å². The van der Waals surface area contributed by atoms with Crippen LogP contribution in [-0.4, -0.2) is 43.8 Å². The first-order valence-electron chi connectivity index (χ1n) is 5.97. The maximum absolute atomic E-state index is 12.4. The maximum atomic E-state index is 12.4. The van der Waals surface area contributed by atoms with E-state index in [9.17, 15) is 13.2 Å². The molecule has 0 aliphatic carbocycles. The summed E-state index contributed by atoms with van der Waals surface area (Å²) in [5, 5.41) is -0.214. The molecule has 20 heavy (non-hydrogen) atoms. The lowest BCUT2D eigenvalue weighted by atomic mass is 10.1. The van der Waals surface area contributed by atoms with Gasteiger partial charge < -0.3 is 4.90 Å². The fourth-order valence-electron chi connectivity index (χ4n) is 1.72. The smallest absolute Gasteiger partial charge is 0.255 e. The zero-order chi connectivity index (χ0) is 15.7. The second-order valence-electron chi connectivity index (χ2n) is 4.79. The van der Waals surface area contributed by atoms with Gasteiger partial charge in [-0.25, -0.2) is 8.42 Å². The van der Waals surface area contributed by atoms with Crippen LogP contribution in [0.5, 0.6) is 0 Å². The first-order valence-corrected chi connectivity index (χ1v) is 8.68. The van der Waals surface area contributed by atoms with Crippen LogP contribution in [0.2, 0.25) is 10.0 Å². The van der Waals surface area contributed by atoms with Crippen LogP contribution in [0.3, 0.4) is 0 Å². The third-order valence-electron chi connectivity index (χ3n) is 3.47. The molecule has 0 unspecified atom stereocenters. The van der Waals surface area contributed by atoms with Crippen molar-refractivity contribution in [1.29, 1.82) is 0 Å². The third-order valence-corrected chi connectivity index (χ3v) is 6.03. The van der Waals surface area contributed by atoms with Crippen molar-refractivity contribution in [3.05, 3.63) is 33.8 Å². The van der Waals surface area contributed by atoms with E-state index in [1.807, 2.05) is 0 Å². The van der Waals surface area contributed by atoms with Crippen molar-refractivity contribution in [3.63, 3.8) is 0 Å². The summed E-state index contributed by atoms with van der Waals surface area (Å²) in [7, 11) is -1.69. The number of halogens is 2. The third kappa shape index (κ3) is 3.65. The van der Waals surface area contributed by atoms with Crippen LogP contribution in [0.4, 0.5) is 0 Å². The summed E-state index contributed by atoms with van der Waals surface area (Å²) in [5.41, 5.74) is 0.259. The van der Waals surface area contributed by atoms with Crippen LogP contribution in [0.25, 0.3) is 0 Å². The Balaban J connectivity index is 3.06. The summed E-state index contributed by atoms with van der Waals surface area (Å²) in [6.45, 7) is 3.26. The molecule has 1 rings (SSSR count). The van der Waals surface area contributed by atoms with Gasteiger partial charge in [-0.1, -0.05) is 29.3 Å². The second-order valence-corrected chi connectivity index (χ2v) is 7.98. The van der Waals surface area contributed by atoms with Crippen LogP contribution >= 0.6 is 23.2 Å². The topological polar surface area (TPSA) is 54.5 Å². The normalized spacial score (nSPS) is 14.7. The molecular weight excluding hydrogens is 321 g/mol. The Morgan fingerprint density at radius 2 is 1.80 bits per heavy atom. The van der Waals surface area contributed by atoms with Crippen molar-refractivity contribution >= 4 is 38.9 Å². The van der Waals surface area contributed by atoms with Crippen LogP contribution in [-0.2, 0) is 9.84 Å². The van der Waals surface area contributed by atoms with E-state index in [2.05, 4.69) is 0 Å². The number of carbonyl (C=O) groups excluding carboxylic acids is 1. The average molecular weight is 338 g/mol. The lowest BCUT2D eigenvalue weighted by Crippen LogP contribution is -2.44. The predicted molar refractivity (Wildman–Crippen MR) is 82.3 cm³/mol. The van der Waals surface area contributed by atoms with E-state index in [0.29, 0.717) is 0 Å². The highest BCUT2D eigenvalue weighted by Crippen LogP contribution is 2.27. The van der Waals surface area contributed by atoms with Gasteiger partial charge in [-0.3, -0.25) is 4.79 Å². The summed E-state index contributed by atoms with van der Waals surface area (Å²) in [6, 6.07) is 4.29. The number of hydrogen-bond donors (Lipinski definition) is 0. The van der Waals surface area contributed by atoms with Crippen LogP contribution in [0, 0.1) is 0 Å². The largest absolute Gasteiger partial charge is 0.338 e. The minimum absolute atomic E-state index is 0.172. The Bertz CT molecular complexity index is 616. The van der Waals surface area contributed by atoms with Gasteiger partial charge in [0.25, 0.3) is 5.91 Å². The van der Waals surface area contributed by atoms with Crippen LogP contribution in [0.15, 0.2) is 18.2 Å². The highest BCUT2D eigenvalue weighted by Gasteiger charge is 2.29. The van der Waals surface area contributed by atoms with E-state index < -0.39 is 21.1 Å². The molecular formula is C13H17Cl2NO3S. The molecule has 0 aliphatic heterocycles. The molecule has 0 fully saturated rings. The van der Waals surface area contributed by atoms with Gasteiger partial charge in [-0.15, -0.1) is 0 Å². The first-order chi connectivity index (χ1) is 9.07. The van der Waals surface area contributed by atoms with Crippen molar-refractivity contribution in [2.24, 2.45) is 0 Å². The van der Waals surface area contributed by atoms with Crippen molar-refractivity contribution in [2.75, 3.05) is 13.3 Å². The van der Waals surface area contributed by atoms with Crippen LogP contribution in [0.1, 0.15) is 24.2 Å². The first kappa shape index (κ1) is 17.3. The molecule has 0 aromatic heterocycles. The van der Waals surface area contributed by atoms with Gasteiger partial charge in [0, 0.05) is 19.3 Å². The number of sulfone groups is 1. The quantitative estimate of drug-likeness (QED) is 0.848. The summed E-state index contributed by atoms with van der Waals surface area (Å²) < 4.78 is 23.1. The highest BCUT2D eigenvalue weighted by atomic mass is 35.5.